The van der Waals surface area contributed by atoms with Crippen molar-refractivity contribution < 1.29 is 52.9 Å². The van der Waals surface area contributed by atoms with E-state index in [0.717, 1.165) is 46.5 Å². The molecule has 74 heavy (non-hydrogen) atoms. The molecule has 0 unspecified atom stereocenters. The number of carbonyl (C=O) groups is 7. The Hall–Kier alpha value is -8.14. The Morgan fingerprint density at radius 2 is 1.36 bits per heavy atom. The molecule has 0 fully saturated rings. The molecule has 0 saturated heterocycles. The van der Waals surface area contributed by atoms with E-state index in [1.165, 1.54) is 12.0 Å². The largest absolute Gasteiger partial charge is 0.493 e. The quantitative estimate of drug-likeness (QED) is 0.0669. The maximum Gasteiger partial charge on any atom is 0.303 e. The van der Waals surface area contributed by atoms with E-state index in [0.29, 0.717) is 76.6 Å². The molecule has 0 bridgehead atoms. The van der Waals surface area contributed by atoms with E-state index in [-0.39, 0.29) is 99.7 Å². The van der Waals surface area contributed by atoms with Gasteiger partial charge in [-0.15, -0.1) is 0 Å². The van der Waals surface area contributed by atoms with Gasteiger partial charge in [-0.05, 0) is 121 Å². The summed E-state index contributed by atoms with van der Waals surface area (Å²) in [5.74, 6) is -1.07. The summed E-state index contributed by atoms with van der Waals surface area (Å²) in [5, 5.41) is 11.3. The first-order chi connectivity index (χ1) is 35.7. The SMILES string of the molecule is COc1cc2c(cc1OCc1cc(COc3cc4c(cc3C)C(=O)N3c5ccccc5C[C@H]3C=N4)cc(N(C)C(=O)CCC(=O)CNC(=O)CCC(=O)CCCCC(=O)O)c1)CC[C@@H]1Cc3ccccc3N1C2=O. The molecule has 4 heterocycles. The number of anilines is 3. The maximum absolute atomic E-state index is 14.1. The Balaban J connectivity index is 0.895. The number of para-hydroxylation sites is 2. The van der Waals surface area contributed by atoms with Gasteiger partial charge < -0.3 is 34.4 Å². The molecule has 4 amide bonds. The number of hydrogen-bond donors (Lipinski definition) is 2. The Morgan fingerprint density at radius 1 is 0.703 bits per heavy atom. The van der Waals surface area contributed by atoms with Crippen LogP contribution in [0.5, 0.6) is 17.2 Å². The van der Waals surface area contributed by atoms with Crippen LogP contribution in [0.4, 0.5) is 22.7 Å². The number of rotatable bonds is 21. The summed E-state index contributed by atoms with van der Waals surface area (Å²) in [6.45, 7) is 1.71. The van der Waals surface area contributed by atoms with E-state index in [9.17, 15) is 33.6 Å². The molecule has 2 atom stereocenters. The first kappa shape index (κ1) is 50.8. The minimum absolute atomic E-state index is 0.0119. The zero-order valence-electron chi connectivity index (χ0n) is 41.8. The molecule has 0 aliphatic carbocycles. The first-order valence-electron chi connectivity index (χ1n) is 25.1. The second-order valence-electron chi connectivity index (χ2n) is 19.3. The average molecular weight is 1000 g/mol. The Labute approximate surface area is 429 Å². The van der Waals surface area contributed by atoms with E-state index >= 15 is 0 Å². The van der Waals surface area contributed by atoms with Gasteiger partial charge in [-0.25, -0.2) is 0 Å². The number of carboxylic acid groups (broad SMARTS) is 1. The van der Waals surface area contributed by atoms with Gasteiger partial charge in [0.15, 0.2) is 17.3 Å². The zero-order chi connectivity index (χ0) is 52.0. The van der Waals surface area contributed by atoms with Crippen molar-refractivity contribution in [3.05, 3.63) is 136 Å². The van der Waals surface area contributed by atoms with Crippen molar-refractivity contribution in [3.8, 4) is 17.2 Å². The van der Waals surface area contributed by atoms with Crippen molar-refractivity contribution in [2.24, 2.45) is 4.99 Å². The minimum atomic E-state index is -0.925. The number of aliphatic imine (C=N–C) groups is 1. The van der Waals surface area contributed by atoms with E-state index in [1.54, 1.807) is 24.1 Å². The molecule has 9 rings (SSSR count). The van der Waals surface area contributed by atoms with Gasteiger partial charge in [0.25, 0.3) is 11.8 Å². The monoisotopic (exact) mass is 1000 g/mol. The highest BCUT2D eigenvalue weighted by Gasteiger charge is 2.38. The Morgan fingerprint density at radius 3 is 2.09 bits per heavy atom. The number of fused-ring (bicyclic) bond motifs is 8. The molecule has 0 spiro atoms. The highest BCUT2D eigenvalue weighted by atomic mass is 16.5. The highest BCUT2D eigenvalue weighted by molar-refractivity contribution is 6.15. The Kier molecular flexibility index (Phi) is 15.3. The molecule has 4 aliphatic heterocycles. The van der Waals surface area contributed by atoms with Gasteiger partial charge in [0, 0.05) is 92.9 Å². The zero-order valence-corrected chi connectivity index (χ0v) is 41.8. The summed E-state index contributed by atoms with van der Waals surface area (Å²) in [4.78, 5) is 100.0. The van der Waals surface area contributed by atoms with Crippen LogP contribution in [0.15, 0.2) is 96.0 Å². The van der Waals surface area contributed by atoms with Gasteiger partial charge in [0.1, 0.15) is 24.7 Å². The third kappa shape index (κ3) is 11.2. The second-order valence-corrected chi connectivity index (χ2v) is 19.3. The maximum atomic E-state index is 14.1. The van der Waals surface area contributed by atoms with Crippen LogP contribution in [-0.4, -0.2) is 85.3 Å². The van der Waals surface area contributed by atoms with Crippen LogP contribution in [-0.2, 0) is 56.4 Å². The first-order valence-corrected chi connectivity index (χ1v) is 25.1. The predicted molar refractivity (Wildman–Crippen MR) is 278 cm³/mol. The molecule has 16 heteroatoms. The molecule has 5 aromatic carbocycles. The number of ether oxygens (including phenoxy) is 3. The van der Waals surface area contributed by atoms with Gasteiger partial charge in [-0.1, -0.05) is 36.4 Å². The molecule has 2 N–H and O–H groups in total. The van der Waals surface area contributed by atoms with Crippen LogP contribution in [0.1, 0.15) is 112 Å². The molecule has 0 radical (unpaired) electrons. The van der Waals surface area contributed by atoms with Crippen molar-refractivity contribution >= 4 is 70.1 Å². The van der Waals surface area contributed by atoms with Crippen LogP contribution < -0.4 is 34.2 Å². The van der Waals surface area contributed by atoms with Crippen LogP contribution in [0.25, 0.3) is 0 Å². The van der Waals surface area contributed by atoms with Crippen molar-refractivity contribution in [2.45, 2.75) is 109 Å². The van der Waals surface area contributed by atoms with E-state index in [1.807, 2.05) is 90.8 Å². The number of aryl methyl sites for hydroxylation is 2. The summed E-state index contributed by atoms with van der Waals surface area (Å²) in [5.41, 5.74) is 9.13. The lowest BCUT2D eigenvalue weighted by Gasteiger charge is -2.23. The number of Topliss-reactive ketones (excluding diaryl/α,β-unsaturated/α-hetero) is 2. The summed E-state index contributed by atoms with van der Waals surface area (Å²) < 4.78 is 18.8. The number of carboxylic acids is 1. The van der Waals surface area contributed by atoms with Gasteiger partial charge in [0.05, 0.1) is 30.9 Å². The fourth-order valence-corrected chi connectivity index (χ4v) is 10.2. The van der Waals surface area contributed by atoms with Gasteiger partial charge in [-0.2, -0.15) is 0 Å². The molecule has 382 valence electrons. The van der Waals surface area contributed by atoms with Crippen molar-refractivity contribution in [3.63, 3.8) is 0 Å². The molecule has 0 saturated carbocycles. The standard InChI is InChI=1S/C58H59N5O11/c1-35-22-47-48(59-31-43-27-40-11-5-8-14-50(40)63(43)58(47)71)30-51(35)73-33-36-23-37(25-42(24-36)61(2)55(67)21-19-45(65)32-60-54(66)20-18-44(64)12-6-9-15-56(68)69)34-74-53-28-38-16-17-41-26-39-10-4-7-13-49(39)62(41)57(70)46(38)29-52(53)72-3/h4-5,7-8,10-11,13-14,22-25,28-31,41,43H,6,9,12,15-21,26-27,32-34H2,1-3H3,(H,60,66)(H,68,69)/t41-,43+/m1/s1. The average Bonchev–Trinajstić information content (AvgIpc) is 3.90. The van der Waals surface area contributed by atoms with Crippen molar-refractivity contribution in [1.82, 2.24) is 5.32 Å². The smallest absolute Gasteiger partial charge is 0.303 e. The number of nitrogens with one attached hydrogen (secondary N) is 1. The van der Waals surface area contributed by atoms with Crippen LogP contribution >= 0.6 is 0 Å². The van der Waals surface area contributed by atoms with Gasteiger partial charge in [-0.3, -0.25) is 43.5 Å². The normalized spacial score (nSPS) is 15.9. The van der Waals surface area contributed by atoms with E-state index in [4.69, 9.17) is 24.3 Å². The van der Waals surface area contributed by atoms with E-state index < -0.39 is 11.9 Å². The highest BCUT2D eigenvalue weighted by Crippen LogP contribution is 2.42. The van der Waals surface area contributed by atoms with Crippen LogP contribution in [0, 0.1) is 6.92 Å². The number of benzene rings is 5. The number of carbonyl (C=O) groups excluding carboxylic acids is 6. The van der Waals surface area contributed by atoms with Crippen LogP contribution in [0.3, 0.4) is 0 Å². The predicted octanol–water partition coefficient (Wildman–Crippen LogP) is 8.39. The second kappa shape index (κ2) is 22.3. The third-order valence-electron chi connectivity index (χ3n) is 14.2. The van der Waals surface area contributed by atoms with Gasteiger partial charge in [0.2, 0.25) is 11.8 Å². The molecular weight excluding hydrogens is 943 g/mol. The lowest BCUT2D eigenvalue weighted by atomic mass is 9.99. The third-order valence-corrected chi connectivity index (χ3v) is 14.2. The fourth-order valence-electron chi connectivity index (χ4n) is 10.2. The Bertz CT molecular complexity index is 3090. The summed E-state index contributed by atoms with van der Waals surface area (Å²) in [7, 11) is 3.15. The van der Waals surface area contributed by atoms with E-state index in [2.05, 4.69) is 11.4 Å². The van der Waals surface area contributed by atoms with Crippen LogP contribution in [0.2, 0.25) is 0 Å². The molecule has 16 nitrogen and oxygen atoms in total. The van der Waals surface area contributed by atoms with Gasteiger partial charge >= 0.3 is 5.97 Å². The topological polar surface area (TPSA) is 202 Å². The summed E-state index contributed by atoms with van der Waals surface area (Å²) >= 11 is 0. The van der Waals surface area contributed by atoms with Crippen molar-refractivity contribution in [2.75, 3.05) is 35.4 Å². The number of ketones is 2. The number of aliphatic carboxylic acids is 1. The molecular formula is C58H59N5O11. The lowest BCUT2D eigenvalue weighted by molar-refractivity contribution is -0.137. The number of unbranched alkanes of at least 4 members (excludes halogenated alkanes) is 1. The minimum Gasteiger partial charge on any atom is -0.493 e. The molecule has 4 aliphatic rings. The fraction of sp³-hybridized carbons (Fsp3) is 0.345. The number of methoxy groups -OCH3 is 1. The number of amides is 4. The lowest BCUT2D eigenvalue weighted by Crippen LogP contribution is -2.37. The molecule has 0 aromatic heterocycles. The molecule has 5 aromatic rings. The summed E-state index contributed by atoms with van der Waals surface area (Å²) in [6.07, 6.45) is 5.33. The number of nitrogens with zero attached hydrogens (tertiary/aromatic N) is 4. The van der Waals surface area contributed by atoms with Crippen molar-refractivity contribution in [1.29, 1.82) is 0 Å². The number of hydrogen-bond acceptors (Lipinski definition) is 11. The summed E-state index contributed by atoms with van der Waals surface area (Å²) in [6, 6.07) is 28.5.